The smallest absolute Gasteiger partial charge is 0.0533 e. The molecular weight excluding hydrogens is 192 g/mol. The zero-order valence-electron chi connectivity index (χ0n) is 7.16. The van der Waals surface area contributed by atoms with Crippen LogP contribution in [0.1, 0.15) is 12.0 Å². The van der Waals surface area contributed by atoms with E-state index < -0.39 is 0 Å². The lowest BCUT2D eigenvalue weighted by Gasteiger charge is -1.98. The van der Waals surface area contributed by atoms with Gasteiger partial charge in [0.2, 0.25) is 0 Å². The minimum absolute atomic E-state index is 0.558. The molecule has 68 valence electrons. The summed E-state index contributed by atoms with van der Waals surface area (Å²) in [5, 5.41) is 4.18. The lowest BCUT2D eigenvalue weighted by atomic mass is 10.4. The number of aryl methyl sites for hydroxylation is 1. The summed E-state index contributed by atoms with van der Waals surface area (Å²) in [6.45, 7) is 0.998. The van der Waals surface area contributed by atoms with Crippen LogP contribution in [0, 0.1) is 0 Å². The van der Waals surface area contributed by atoms with Crippen LogP contribution in [-0.4, -0.2) is 21.8 Å². The third kappa shape index (κ3) is 3.07. The minimum atomic E-state index is 0.558. The van der Waals surface area contributed by atoms with Crippen molar-refractivity contribution < 1.29 is 0 Å². The molecule has 0 amide bonds. The van der Waals surface area contributed by atoms with Crippen molar-refractivity contribution in [2.75, 3.05) is 12.0 Å². The van der Waals surface area contributed by atoms with Crippen molar-refractivity contribution in [3.8, 4) is 0 Å². The fraction of sp³-hybridized carbons (Fsp3) is 0.625. The number of nitrogens with zero attached hydrogens (tertiary/aromatic N) is 2. The van der Waals surface area contributed by atoms with Gasteiger partial charge >= 0.3 is 0 Å². The highest BCUT2D eigenvalue weighted by Gasteiger charge is 1.95. The molecule has 0 bridgehead atoms. The Labute approximate surface area is 82.3 Å². The number of aromatic nitrogens is 2. The third-order valence-corrected chi connectivity index (χ3v) is 2.58. The highest BCUT2D eigenvalue weighted by atomic mass is 35.5. The number of alkyl halides is 1. The molecular formula is C8H13ClN2S. The van der Waals surface area contributed by atoms with Gasteiger partial charge in [0, 0.05) is 18.3 Å². The van der Waals surface area contributed by atoms with Gasteiger partial charge in [0.25, 0.3) is 0 Å². The molecule has 0 atom stereocenters. The molecule has 1 aromatic rings. The van der Waals surface area contributed by atoms with Crippen molar-refractivity contribution in [1.82, 2.24) is 9.78 Å². The molecule has 0 aliphatic rings. The Hall–Kier alpha value is -0.150. The van der Waals surface area contributed by atoms with E-state index in [2.05, 4.69) is 11.4 Å². The number of hydrogen-bond acceptors (Lipinski definition) is 2. The van der Waals surface area contributed by atoms with Gasteiger partial charge < -0.3 is 0 Å². The molecule has 0 saturated heterocycles. The molecule has 2 nitrogen and oxygen atoms in total. The van der Waals surface area contributed by atoms with Gasteiger partial charge in [-0.05, 0) is 18.4 Å². The highest BCUT2D eigenvalue weighted by Crippen LogP contribution is 2.03. The Kier molecular flexibility index (Phi) is 4.54. The molecule has 12 heavy (non-hydrogen) atoms. The predicted octanol–water partition coefficient (Wildman–Crippen LogP) is 2.38. The molecule has 0 aromatic carbocycles. The molecule has 1 rings (SSSR count). The summed E-state index contributed by atoms with van der Waals surface area (Å²) in [4.78, 5) is 0. The topological polar surface area (TPSA) is 17.8 Å². The van der Waals surface area contributed by atoms with Crippen LogP contribution in [0.15, 0.2) is 12.4 Å². The fourth-order valence-electron chi connectivity index (χ4n) is 0.969. The van der Waals surface area contributed by atoms with Crippen molar-refractivity contribution in [3.05, 3.63) is 18.0 Å². The average molecular weight is 205 g/mol. The zero-order chi connectivity index (χ0) is 8.81. The van der Waals surface area contributed by atoms with Gasteiger partial charge in [-0.1, -0.05) is 0 Å². The van der Waals surface area contributed by atoms with E-state index in [0.717, 1.165) is 12.1 Å². The standard InChI is InChI=1S/C8H13ClN2S/c1-12-4-2-3-11-7-8(5-9)6-10-11/h6-7H,2-5H2,1H3. The maximum absolute atomic E-state index is 5.64. The molecule has 4 heteroatoms. The molecule has 0 unspecified atom stereocenters. The van der Waals surface area contributed by atoms with E-state index in [9.17, 15) is 0 Å². The Morgan fingerprint density at radius 3 is 3.08 bits per heavy atom. The second kappa shape index (κ2) is 5.49. The van der Waals surface area contributed by atoms with Crippen LogP contribution in [0.4, 0.5) is 0 Å². The first kappa shape index (κ1) is 9.93. The number of halogens is 1. The molecule has 0 fully saturated rings. The summed E-state index contributed by atoms with van der Waals surface area (Å²) in [6, 6.07) is 0. The molecule has 0 radical (unpaired) electrons. The van der Waals surface area contributed by atoms with E-state index in [-0.39, 0.29) is 0 Å². The Morgan fingerprint density at radius 1 is 1.67 bits per heavy atom. The van der Waals surface area contributed by atoms with E-state index in [1.165, 1.54) is 12.2 Å². The van der Waals surface area contributed by atoms with E-state index in [0.29, 0.717) is 5.88 Å². The van der Waals surface area contributed by atoms with Gasteiger partial charge in [-0.15, -0.1) is 11.6 Å². The van der Waals surface area contributed by atoms with Crippen LogP contribution in [0.25, 0.3) is 0 Å². The highest BCUT2D eigenvalue weighted by molar-refractivity contribution is 7.98. The molecule has 1 aromatic heterocycles. The van der Waals surface area contributed by atoms with Crippen LogP contribution < -0.4 is 0 Å². The Balaban J connectivity index is 2.31. The Morgan fingerprint density at radius 2 is 2.50 bits per heavy atom. The van der Waals surface area contributed by atoms with Gasteiger partial charge in [-0.2, -0.15) is 16.9 Å². The molecule has 0 N–H and O–H groups in total. The molecule has 0 saturated carbocycles. The van der Waals surface area contributed by atoms with E-state index in [4.69, 9.17) is 11.6 Å². The fourth-order valence-corrected chi connectivity index (χ4v) is 1.52. The first-order valence-corrected chi connectivity index (χ1v) is 5.86. The summed E-state index contributed by atoms with van der Waals surface area (Å²) in [7, 11) is 0. The van der Waals surface area contributed by atoms with E-state index >= 15 is 0 Å². The van der Waals surface area contributed by atoms with Crippen LogP contribution in [0.3, 0.4) is 0 Å². The average Bonchev–Trinajstić information content (AvgIpc) is 2.53. The van der Waals surface area contributed by atoms with Gasteiger partial charge in [0.1, 0.15) is 0 Å². The van der Waals surface area contributed by atoms with Crippen molar-refractivity contribution in [2.24, 2.45) is 0 Å². The summed E-state index contributed by atoms with van der Waals surface area (Å²) < 4.78 is 1.95. The number of rotatable bonds is 5. The summed E-state index contributed by atoms with van der Waals surface area (Å²) in [6.07, 6.45) is 7.12. The summed E-state index contributed by atoms with van der Waals surface area (Å²) in [5.74, 6) is 1.75. The largest absolute Gasteiger partial charge is 0.272 e. The number of thioether (sulfide) groups is 1. The molecule has 0 aliphatic carbocycles. The second-order valence-electron chi connectivity index (χ2n) is 2.59. The molecule has 0 aliphatic heterocycles. The second-order valence-corrected chi connectivity index (χ2v) is 3.84. The van der Waals surface area contributed by atoms with Gasteiger partial charge in [-0.25, -0.2) is 0 Å². The first-order chi connectivity index (χ1) is 5.86. The monoisotopic (exact) mass is 204 g/mol. The minimum Gasteiger partial charge on any atom is -0.272 e. The first-order valence-electron chi connectivity index (χ1n) is 3.93. The van der Waals surface area contributed by atoms with Crippen LogP contribution in [0.2, 0.25) is 0 Å². The SMILES string of the molecule is CSCCCn1cc(CCl)cn1. The zero-order valence-corrected chi connectivity index (χ0v) is 8.74. The van der Waals surface area contributed by atoms with Crippen molar-refractivity contribution >= 4 is 23.4 Å². The van der Waals surface area contributed by atoms with Gasteiger partial charge in [-0.3, -0.25) is 4.68 Å². The van der Waals surface area contributed by atoms with E-state index in [1.54, 1.807) is 0 Å². The van der Waals surface area contributed by atoms with Crippen LogP contribution in [0.5, 0.6) is 0 Å². The van der Waals surface area contributed by atoms with Crippen molar-refractivity contribution in [3.63, 3.8) is 0 Å². The maximum Gasteiger partial charge on any atom is 0.0533 e. The summed E-state index contributed by atoms with van der Waals surface area (Å²) in [5.41, 5.74) is 1.10. The van der Waals surface area contributed by atoms with Gasteiger partial charge in [0.05, 0.1) is 12.1 Å². The summed E-state index contributed by atoms with van der Waals surface area (Å²) >= 11 is 7.51. The normalized spacial score (nSPS) is 10.5. The molecule has 0 spiro atoms. The third-order valence-electron chi connectivity index (χ3n) is 1.58. The lowest BCUT2D eigenvalue weighted by molar-refractivity contribution is 0.606. The lowest BCUT2D eigenvalue weighted by Crippen LogP contribution is -1.98. The van der Waals surface area contributed by atoms with Crippen LogP contribution >= 0.6 is 23.4 Å². The quantitative estimate of drug-likeness (QED) is 0.542. The Bertz CT molecular complexity index is 225. The van der Waals surface area contributed by atoms with Crippen molar-refractivity contribution in [2.45, 2.75) is 18.8 Å². The number of hydrogen-bond donors (Lipinski definition) is 0. The van der Waals surface area contributed by atoms with Crippen molar-refractivity contribution in [1.29, 1.82) is 0 Å². The van der Waals surface area contributed by atoms with Crippen LogP contribution in [-0.2, 0) is 12.4 Å². The van der Waals surface area contributed by atoms with Gasteiger partial charge in [0.15, 0.2) is 0 Å². The maximum atomic E-state index is 5.64. The molecule has 1 heterocycles. The predicted molar refractivity (Wildman–Crippen MR) is 54.8 cm³/mol. The van der Waals surface area contributed by atoms with E-state index in [1.807, 2.05) is 28.8 Å².